The molecule has 0 saturated carbocycles. The predicted octanol–water partition coefficient (Wildman–Crippen LogP) is 3.63. The van der Waals surface area contributed by atoms with E-state index >= 15 is 0 Å². The molecule has 2 heterocycles. The van der Waals surface area contributed by atoms with Gasteiger partial charge in [-0.15, -0.1) is 12.4 Å². The number of carbonyl (C=O) groups is 1. The number of likely N-dealkylation sites (tertiary alicyclic amines) is 1. The van der Waals surface area contributed by atoms with Crippen molar-refractivity contribution in [2.45, 2.75) is 38.6 Å². The Morgan fingerprint density at radius 1 is 1.32 bits per heavy atom. The Kier molecular flexibility index (Phi) is 6.49. The number of benzene rings is 1. The van der Waals surface area contributed by atoms with Crippen LogP contribution in [0.2, 0.25) is 5.02 Å². The number of nitrogens with zero attached hydrogens (tertiary/aromatic N) is 3. The SMILES string of the molecule is CC(C)c1c(C(=O)N2CCCC(N)C2)cnn1-c1ccc(Cl)cc1.Cl. The third-order valence-corrected chi connectivity index (χ3v) is 4.65. The summed E-state index contributed by atoms with van der Waals surface area (Å²) in [6.45, 7) is 5.52. The largest absolute Gasteiger partial charge is 0.337 e. The lowest BCUT2D eigenvalue weighted by molar-refractivity contribution is 0.0707. The topological polar surface area (TPSA) is 64.2 Å². The van der Waals surface area contributed by atoms with E-state index in [0.29, 0.717) is 17.1 Å². The van der Waals surface area contributed by atoms with Crippen LogP contribution in [-0.2, 0) is 0 Å². The first-order valence-electron chi connectivity index (χ1n) is 8.36. The van der Waals surface area contributed by atoms with Crippen molar-refractivity contribution in [2.75, 3.05) is 13.1 Å². The van der Waals surface area contributed by atoms with Gasteiger partial charge in [-0.05, 0) is 43.0 Å². The second kappa shape index (κ2) is 8.21. The van der Waals surface area contributed by atoms with E-state index in [-0.39, 0.29) is 30.3 Å². The van der Waals surface area contributed by atoms with Crippen LogP contribution in [0.4, 0.5) is 0 Å². The molecule has 1 aliphatic heterocycles. The van der Waals surface area contributed by atoms with Gasteiger partial charge < -0.3 is 10.6 Å². The van der Waals surface area contributed by atoms with E-state index in [0.717, 1.165) is 30.8 Å². The molecule has 1 atom stereocenters. The number of amides is 1. The number of hydrogen-bond acceptors (Lipinski definition) is 3. The Morgan fingerprint density at radius 3 is 2.60 bits per heavy atom. The van der Waals surface area contributed by atoms with E-state index in [2.05, 4.69) is 18.9 Å². The van der Waals surface area contributed by atoms with E-state index in [1.54, 1.807) is 6.20 Å². The summed E-state index contributed by atoms with van der Waals surface area (Å²) in [5.74, 6) is 0.189. The Morgan fingerprint density at radius 2 is 2.00 bits per heavy atom. The third kappa shape index (κ3) is 4.17. The maximum absolute atomic E-state index is 13.0. The van der Waals surface area contributed by atoms with Crippen LogP contribution < -0.4 is 5.73 Å². The van der Waals surface area contributed by atoms with Crippen molar-refractivity contribution >= 4 is 29.9 Å². The van der Waals surface area contributed by atoms with Gasteiger partial charge in [0, 0.05) is 24.2 Å². The van der Waals surface area contributed by atoms with Crippen molar-refractivity contribution < 1.29 is 4.79 Å². The number of nitrogens with two attached hydrogens (primary N) is 1. The highest BCUT2D eigenvalue weighted by Crippen LogP contribution is 2.25. The molecule has 1 amide bonds. The molecule has 2 N–H and O–H groups in total. The molecular weight excluding hydrogens is 359 g/mol. The third-order valence-electron chi connectivity index (χ3n) is 4.40. The first-order valence-corrected chi connectivity index (χ1v) is 8.74. The second-order valence-electron chi connectivity index (χ2n) is 6.64. The molecule has 1 aliphatic rings. The van der Waals surface area contributed by atoms with Crippen LogP contribution in [0.1, 0.15) is 48.7 Å². The van der Waals surface area contributed by atoms with Crippen molar-refractivity contribution in [3.63, 3.8) is 0 Å². The summed E-state index contributed by atoms with van der Waals surface area (Å²) in [5, 5.41) is 5.14. The van der Waals surface area contributed by atoms with Gasteiger partial charge >= 0.3 is 0 Å². The highest BCUT2D eigenvalue weighted by atomic mass is 35.5. The van der Waals surface area contributed by atoms with Gasteiger partial charge in [-0.2, -0.15) is 5.10 Å². The van der Waals surface area contributed by atoms with E-state index < -0.39 is 0 Å². The smallest absolute Gasteiger partial charge is 0.257 e. The van der Waals surface area contributed by atoms with Crippen molar-refractivity contribution in [1.29, 1.82) is 0 Å². The quantitative estimate of drug-likeness (QED) is 0.880. The highest BCUT2D eigenvalue weighted by Gasteiger charge is 2.27. The van der Waals surface area contributed by atoms with Gasteiger partial charge in [0.05, 0.1) is 23.1 Å². The average Bonchev–Trinajstić information content (AvgIpc) is 3.00. The molecule has 1 aromatic carbocycles. The number of halogens is 2. The monoisotopic (exact) mass is 382 g/mol. The van der Waals surface area contributed by atoms with Crippen LogP contribution in [0, 0.1) is 0 Å². The minimum Gasteiger partial charge on any atom is -0.337 e. The molecule has 1 unspecified atom stereocenters. The van der Waals surface area contributed by atoms with Crippen LogP contribution in [0.3, 0.4) is 0 Å². The summed E-state index contributed by atoms with van der Waals surface area (Å²) in [6, 6.07) is 7.54. The van der Waals surface area contributed by atoms with Gasteiger partial charge in [-0.1, -0.05) is 25.4 Å². The second-order valence-corrected chi connectivity index (χ2v) is 7.08. The first-order chi connectivity index (χ1) is 11.5. The van der Waals surface area contributed by atoms with Gasteiger partial charge in [-0.3, -0.25) is 4.79 Å². The fourth-order valence-electron chi connectivity index (χ4n) is 3.23. The first kappa shape index (κ1) is 19.8. The summed E-state index contributed by atoms with van der Waals surface area (Å²) in [7, 11) is 0. The lowest BCUT2D eigenvalue weighted by Gasteiger charge is -2.31. The number of carbonyl (C=O) groups excluding carboxylic acids is 1. The molecule has 1 fully saturated rings. The minimum atomic E-state index is 0. The number of aromatic nitrogens is 2. The Balaban J connectivity index is 0.00000225. The number of rotatable bonds is 3. The van der Waals surface area contributed by atoms with Gasteiger partial charge in [0.25, 0.3) is 5.91 Å². The summed E-state index contributed by atoms with van der Waals surface area (Å²) in [6.07, 6.45) is 3.60. The number of piperidine rings is 1. The fourth-order valence-corrected chi connectivity index (χ4v) is 3.36. The molecule has 25 heavy (non-hydrogen) atoms. The van der Waals surface area contributed by atoms with Crippen molar-refractivity contribution in [2.24, 2.45) is 5.73 Å². The highest BCUT2D eigenvalue weighted by molar-refractivity contribution is 6.30. The molecule has 136 valence electrons. The minimum absolute atomic E-state index is 0. The molecule has 0 bridgehead atoms. The van der Waals surface area contributed by atoms with Crippen LogP contribution >= 0.6 is 24.0 Å². The average molecular weight is 383 g/mol. The summed E-state index contributed by atoms with van der Waals surface area (Å²) >= 11 is 5.97. The molecule has 0 spiro atoms. The standard InChI is InChI=1S/C18H23ClN4O.ClH/c1-12(2)17-16(18(24)22-9-3-4-14(20)11-22)10-21-23(17)15-7-5-13(19)6-8-15;/h5-8,10,12,14H,3-4,9,11,20H2,1-2H3;1H. The summed E-state index contributed by atoms with van der Waals surface area (Å²) in [4.78, 5) is 14.8. The van der Waals surface area contributed by atoms with Gasteiger partial charge in [-0.25, -0.2) is 4.68 Å². The van der Waals surface area contributed by atoms with Crippen molar-refractivity contribution in [1.82, 2.24) is 14.7 Å². The van der Waals surface area contributed by atoms with Gasteiger partial charge in [0.2, 0.25) is 0 Å². The Labute approximate surface area is 159 Å². The van der Waals surface area contributed by atoms with Crippen molar-refractivity contribution in [3.8, 4) is 5.69 Å². The maximum atomic E-state index is 13.0. The van der Waals surface area contributed by atoms with E-state index in [1.165, 1.54) is 0 Å². The predicted molar refractivity (Wildman–Crippen MR) is 103 cm³/mol. The fraction of sp³-hybridized carbons (Fsp3) is 0.444. The van der Waals surface area contributed by atoms with E-state index in [4.69, 9.17) is 17.3 Å². The summed E-state index contributed by atoms with van der Waals surface area (Å²) < 4.78 is 1.83. The van der Waals surface area contributed by atoms with Crippen molar-refractivity contribution in [3.05, 3.63) is 46.7 Å². The molecule has 7 heteroatoms. The Bertz CT molecular complexity index is 727. The van der Waals surface area contributed by atoms with Crippen LogP contribution in [0.25, 0.3) is 5.69 Å². The van der Waals surface area contributed by atoms with Gasteiger partial charge in [0.1, 0.15) is 0 Å². The van der Waals surface area contributed by atoms with Crippen LogP contribution in [-0.4, -0.2) is 39.7 Å². The molecule has 5 nitrogen and oxygen atoms in total. The molecule has 0 radical (unpaired) electrons. The molecule has 1 saturated heterocycles. The number of hydrogen-bond donors (Lipinski definition) is 1. The molecule has 0 aliphatic carbocycles. The maximum Gasteiger partial charge on any atom is 0.257 e. The van der Waals surface area contributed by atoms with E-state index in [1.807, 2.05) is 33.8 Å². The molecule has 3 rings (SSSR count). The normalized spacial score (nSPS) is 17.5. The Hall–Kier alpha value is -1.56. The van der Waals surface area contributed by atoms with E-state index in [9.17, 15) is 4.79 Å². The zero-order valence-corrected chi connectivity index (χ0v) is 16.1. The van der Waals surface area contributed by atoms with Crippen LogP contribution in [0.5, 0.6) is 0 Å². The molecule has 1 aromatic heterocycles. The van der Waals surface area contributed by atoms with Crippen LogP contribution in [0.15, 0.2) is 30.5 Å². The molecular formula is C18H24Cl2N4O. The molecule has 2 aromatic rings. The summed E-state index contributed by atoms with van der Waals surface area (Å²) in [5.41, 5.74) is 8.50. The lowest BCUT2D eigenvalue weighted by Crippen LogP contribution is -2.45. The zero-order chi connectivity index (χ0) is 17.3. The zero-order valence-electron chi connectivity index (χ0n) is 14.5. The van der Waals surface area contributed by atoms with Gasteiger partial charge in [0.15, 0.2) is 0 Å². The lowest BCUT2D eigenvalue weighted by atomic mass is 10.0.